The molecular formula is C14H15FN2O3. The molecule has 0 aliphatic carbocycles. The Morgan fingerprint density at radius 1 is 1.40 bits per heavy atom. The van der Waals surface area contributed by atoms with Gasteiger partial charge in [0.2, 0.25) is 0 Å². The van der Waals surface area contributed by atoms with E-state index in [1.54, 1.807) is 19.1 Å². The highest BCUT2D eigenvalue weighted by Crippen LogP contribution is 2.26. The van der Waals surface area contributed by atoms with E-state index in [2.05, 4.69) is 10.1 Å². The second-order valence-corrected chi connectivity index (χ2v) is 4.35. The minimum atomic E-state index is -2.85. The van der Waals surface area contributed by atoms with Crippen LogP contribution in [0.1, 0.15) is 18.1 Å². The van der Waals surface area contributed by atoms with Crippen molar-refractivity contribution >= 4 is 11.9 Å². The van der Waals surface area contributed by atoms with Gasteiger partial charge in [0, 0.05) is 5.56 Å². The van der Waals surface area contributed by atoms with Crippen LogP contribution in [0.2, 0.25) is 0 Å². The van der Waals surface area contributed by atoms with Crippen molar-refractivity contribution in [3.8, 4) is 6.07 Å². The molecule has 1 amide bonds. The average Bonchev–Trinajstić information content (AvgIpc) is 2.45. The summed E-state index contributed by atoms with van der Waals surface area (Å²) in [4.78, 5) is 23.1. The number of carbonyl (C=O) groups is 2. The number of aryl methyl sites for hydroxylation is 1. The van der Waals surface area contributed by atoms with Gasteiger partial charge in [-0.2, -0.15) is 5.26 Å². The van der Waals surface area contributed by atoms with Crippen molar-refractivity contribution in [2.24, 2.45) is 0 Å². The first-order valence-corrected chi connectivity index (χ1v) is 5.91. The van der Waals surface area contributed by atoms with Crippen LogP contribution < -0.4 is 5.32 Å². The fourth-order valence-electron chi connectivity index (χ4n) is 1.56. The molecular weight excluding hydrogens is 263 g/mol. The van der Waals surface area contributed by atoms with Crippen LogP contribution in [-0.4, -0.2) is 25.0 Å². The van der Waals surface area contributed by atoms with Gasteiger partial charge in [0.25, 0.3) is 11.6 Å². The third-order valence-corrected chi connectivity index (χ3v) is 2.82. The monoisotopic (exact) mass is 278 g/mol. The number of amides is 1. The molecule has 6 heteroatoms. The molecule has 0 aromatic heterocycles. The molecule has 1 aromatic rings. The van der Waals surface area contributed by atoms with Crippen molar-refractivity contribution < 1.29 is 18.7 Å². The summed E-state index contributed by atoms with van der Waals surface area (Å²) in [5.41, 5.74) is -2.06. The molecule has 0 aliphatic heterocycles. The second-order valence-electron chi connectivity index (χ2n) is 4.35. The number of hydrogen-bond donors (Lipinski definition) is 1. The predicted molar refractivity (Wildman–Crippen MR) is 69.2 cm³/mol. The largest absolute Gasteiger partial charge is 0.467 e. The molecule has 2 atom stereocenters. The minimum absolute atomic E-state index is 0.0832. The van der Waals surface area contributed by atoms with Gasteiger partial charge in [-0.1, -0.05) is 29.8 Å². The number of ether oxygens (including phenoxy) is 1. The van der Waals surface area contributed by atoms with Gasteiger partial charge in [-0.15, -0.1) is 0 Å². The lowest BCUT2D eigenvalue weighted by Crippen LogP contribution is -2.47. The summed E-state index contributed by atoms with van der Waals surface area (Å²) in [7, 11) is 1.15. The molecule has 1 N–H and O–H groups in total. The fourth-order valence-corrected chi connectivity index (χ4v) is 1.56. The van der Waals surface area contributed by atoms with Gasteiger partial charge in [0.15, 0.2) is 0 Å². The first-order chi connectivity index (χ1) is 9.35. The third kappa shape index (κ3) is 3.12. The molecule has 1 aromatic carbocycles. The standard InChI is InChI=1S/C14H15FN2O3/c1-9-4-6-11(7-5-9)14(15,8-16)13(19)17-10(2)12(18)20-3/h4-7,10H,1-3H3,(H,17,19)/t10-,14?/m0/s1. The van der Waals surface area contributed by atoms with Crippen LogP contribution in [0.15, 0.2) is 24.3 Å². The van der Waals surface area contributed by atoms with E-state index < -0.39 is 23.6 Å². The molecule has 0 radical (unpaired) electrons. The Hall–Kier alpha value is -2.42. The van der Waals surface area contributed by atoms with Crippen LogP contribution in [-0.2, 0) is 20.0 Å². The number of alkyl halides is 1. The lowest BCUT2D eigenvalue weighted by atomic mass is 9.95. The Labute approximate surface area is 116 Å². The lowest BCUT2D eigenvalue weighted by molar-refractivity contribution is -0.145. The molecule has 0 aliphatic rings. The van der Waals surface area contributed by atoms with E-state index in [0.29, 0.717) is 0 Å². The molecule has 0 saturated carbocycles. The van der Waals surface area contributed by atoms with Crippen LogP contribution >= 0.6 is 0 Å². The molecule has 0 spiro atoms. The molecule has 0 fully saturated rings. The summed E-state index contributed by atoms with van der Waals surface area (Å²) in [6.45, 7) is 3.14. The minimum Gasteiger partial charge on any atom is -0.467 e. The molecule has 1 unspecified atom stereocenters. The molecule has 1 rings (SSSR count). The zero-order valence-corrected chi connectivity index (χ0v) is 11.4. The Bertz CT molecular complexity index is 551. The number of nitrogens with one attached hydrogen (secondary N) is 1. The van der Waals surface area contributed by atoms with Crippen molar-refractivity contribution in [2.45, 2.75) is 25.6 Å². The van der Waals surface area contributed by atoms with Crippen LogP contribution in [0.5, 0.6) is 0 Å². The van der Waals surface area contributed by atoms with Gasteiger partial charge >= 0.3 is 5.97 Å². The zero-order chi connectivity index (χ0) is 15.3. The normalized spacial score (nSPS) is 14.6. The molecule has 106 valence electrons. The van der Waals surface area contributed by atoms with Crippen molar-refractivity contribution in [1.29, 1.82) is 5.26 Å². The van der Waals surface area contributed by atoms with Gasteiger partial charge in [0.05, 0.1) is 7.11 Å². The quantitative estimate of drug-likeness (QED) is 0.843. The van der Waals surface area contributed by atoms with E-state index in [1.165, 1.54) is 25.1 Å². The molecule has 5 nitrogen and oxygen atoms in total. The fraction of sp³-hybridized carbons (Fsp3) is 0.357. The van der Waals surface area contributed by atoms with Crippen LogP contribution in [0.4, 0.5) is 4.39 Å². The van der Waals surface area contributed by atoms with E-state index in [0.717, 1.165) is 12.7 Å². The molecule has 0 heterocycles. The Morgan fingerprint density at radius 2 is 1.95 bits per heavy atom. The first kappa shape index (κ1) is 15.6. The summed E-state index contributed by atoms with van der Waals surface area (Å²) in [6, 6.07) is 6.22. The zero-order valence-electron chi connectivity index (χ0n) is 11.4. The second kappa shape index (κ2) is 6.15. The molecule has 0 saturated heterocycles. The topological polar surface area (TPSA) is 79.2 Å². The van der Waals surface area contributed by atoms with E-state index in [-0.39, 0.29) is 5.56 Å². The van der Waals surface area contributed by atoms with Gasteiger partial charge in [0.1, 0.15) is 12.1 Å². The summed E-state index contributed by atoms with van der Waals surface area (Å²) in [5, 5.41) is 11.1. The van der Waals surface area contributed by atoms with Crippen molar-refractivity contribution in [1.82, 2.24) is 5.32 Å². The van der Waals surface area contributed by atoms with E-state index in [9.17, 15) is 14.0 Å². The Balaban J connectivity index is 3.00. The van der Waals surface area contributed by atoms with Gasteiger partial charge in [-0.25, -0.2) is 9.18 Å². The number of carbonyl (C=O) groups excluding carboxylic acids is 2. The smallest absolute Gasteiger partial charge is 0.328 e. The number of halogens is 1. The van der Waals surface area contributed by atoms with Crippen molar-refractivity contribution in [2.75, 3.05) is 7.11 Å². The summed E-state index contributed by atoms with van der Waals surface area (Å²) in [5.74, 6) is -1.91. The number of esters is 1. The van der Waals surface area contributed by atoms with Gasteiger partial charge < -0.3 is 10.1 Å². The number of benzene rings is 1. The van der Waals surface area contributed by atoms with Crippen LogP contribution in [0.25, 0.3) is 0 Å². The Morgan fingerprint density at radius 3 is 2.40 bits per heavy atom. The highest BCUT2D eigenvalue weighted by molar-refractivity contribution is 5.92. The molecule has 20 heavy (non-hydrogen) atoms. The number of hydrogen-bond acceptors (Lipinski definition) is 4. The van der Waals surface area contributed by atoms with E-state index in [4.69, 9.17) is 5.26 Å². The van der Waals surface area contributed by atoms with Crippen molar-refractivity contribution in [3.63, 3.8) is 0 Å². The number of methoxy groups -OCH3 is 1. The number of nitriles is 1. The maximum absolute atomic E-state index is 14.6. The van der Waals surface area contributed by atoms with E-state index in [1.807, 2.05) is 0 Å². The lowest BCUT2D eigenvalue weighted by Gasteiger charge is -2.20. The molecule has 0 bridgehead atoms. The first-order valence-electron chi connectivity index (χ1n) is 5.91. The Kier molecular flexibility index (Phi) is 4.81. The number of nitrogens with zero attached hydrogens (tertiary/aromatic N) is 1. The van der Waals surface area contributed by atoms with Crippen molar-refractivity contribution in [3.05, 3.63) is 35.4 Å². The average molecular weight is 278 g/mol. The highest BCUT2D eigenvalue weighted by atomic mass is 19.1. The van der Waals surface area contributed by atoms with E-state index >= 15 is 0 Å². The van der Waals surface area contributed by atoms with Gasteiger partial charge in [-0.3, -0.25) is 4.79 Å². The summed E-state index contributed by atoms with van der Waals surface area (Å²) in [6.07, 6.45) is 0. The van der Waals surface area contributed by atoms with Crippen LogP contribution in [0.3, 0.4) is 0 Å². The summed E-state index contributed by atoms with van der Waals surface area (Å²) >= 11 is 0. The maximum atomic E-state index is 14.6. The number of rotatable bonds is 4. The SMILES string of the molecule is COC(=O)[C@H](C)NC(=O)C(F)(C#N)c1ccc(C)cc1. The summed E-state index contributed by atoms with van der Waals surface area (Å²) < 4.78 is 19.0. The van der Waals surface area contributed by atoms with Gasteiger partial charge in [-0.05, 0) is 13.8 Å². The highest BCUT2D eigenvalue weighted by Gasteiger charge is 2.42. The predicted octanol–water partition coefficient (Wildman–Crippen LogP) is 1.36. The third-order valence-electron chi connectivity index (χ3n) is 2.82. The maximum Gasteiger partial charge on any atom is 0.328 e. The van der Waals surface area contributed by atoms with Crippen LogP contribution in [0, 0.1) is 18.3 Å².